The van der Waals surface area contributed by atoms with Crippen LogP contribution in [0.5, 0.6) is 0 Å². The number of carboxylic acids is 1. The highest BCUT2D eigenvalue weighted by Crippen LogP contribution is 2.27. The minimum atomic E-state index is -4.07. The van der Waals surface area contributed by atoms with E-state index in [2.05, 4.69) is 25.3 Å². The van der Waals surface area contributed by atoms with Gasteiger partial charge >= 0.3 is 5.97 Å². The van der Waals surface area contributed by atoms with Gasteiger partial charge in [0.1, 0.15) is 23.0 Å². The van der Waals surface area contributed by atoms with Gasteiger partial charge in [-0.1, -0.05) is 12.1 Å². The largest absolute Gasteiger partial charge is 0.480 e. The Morgan fingerprint density at radius 3 is 2.67 bits per heavy atom. The molecule has 3 aromatic rings. The average molecular weight is 534 g/mol. The van der Waals surface area contributed by atoms with Gasteiger partial charge in [-0.2, -0.15) is 0 Å². The molecule has 192 valence electrons. The van der Waals surface area contributed by atoms with Gasteiger partial charge < -0.3 is 21.9 Å². The number of aryl methyl sites for hydroxylation is 1. The van der Waals surface area contributed by atoms with Crippen LogP contribution in [-0.2, 0) is 14.8 Å². The second-order valence-corrected chi connectivity index (χ2v) is 10.4. The number of carbonyl (C=O) groups is 2. The van der Waals surface area contributed by atoms with Gasteiger partial charge in [0.05, 0.1) is 16.3 Å². The van der Waals surface area contributed by atoms with Crippen LogP contribution in [0.1, 0.15) is 28.3 Å². The monoisotopic (exact) mass is 533 g/mol. The van der Waals surface area contributed by atoms with Gasteiger partial charge in [-0.25, -0.2) is 23.2 Å². The summed E-state index contributed by atoms with van der Waals surface area (Å²) in [6, 6.07) is 8.16. The number of carboxylic acid groups (broad SMARTS) is 1. The Balaban J connectivity index is 1.74. The summed E-state index contributed by atoms with van der Waals surface area (Å²) in [4.78, 5) is 32.8. The van der Waals surface area contributed by atoms with Crippen LogP contribution in [0.25, 0.3) is 11.3 Å². The second-order valence-electron chi connectivity index (χ2n) is 7.77. The average Bonchev–Trinajstić information content (AvgIpc) is 3.28. The lowest BCUT2D eigenvalue weighted by Gasteiger charge is -2.16. The van der Waals surface area contributed by atoms with Gasteiger partial charge in [0.25, 0.3) is 15.9 Å². The Morgan fingerprint density at radius 2 is 1.97 bits per heavy atom. The van der Waals surface area contributed by atoms with Crippen molar-refractivity contribution in [2.75, 3.05) is 11.3 Å². The van der Waals surface area contributed by atoms with Gasteiger partial charge in [0.15, 0.2) is 0 Å². The molecular formula is C22H27N7O5S2. The van der Waals surface area contributed by atoms with Gasteiger partial charge in [-0.15, -0.1) is 11.3 Å². The zero-order chi connectivity index (χ0) is 26.3. The first-order valence-corrected chi connectivity index (χ1v) is 13.2. The molecule has 1 aromatic carbocycles. The van der Waals surface area contributed by atoms with Crippen LogP contribution in [-0.4, -0.2) is 54.2 Å². The molecule has 8 N–H and O–H groups in total. The summed E-state index contributed by atoms with van der Waals surface area (Å²) in [5.74, 6) is -1.37. The molecule has 0 saturated heterocycles. The maximum absolute atomic E-state index is 13.1. The second kappa shape index (κ2) is 12.0. The lowest BCUT2D eigenvalue weighted by atomic mass is 10.1. The molecule has 0 spiro atoms. The third-order valence-electron chi connectivity index (χ3n) is 4.98. The predicted molar refractivity (Wildman–Crippen MR) is 136 cm³/mol. The number of carbonyl (C=O) groups excluding carboxylic acids is 1. The summed E-state index contributed by atoms with van der Waals surface area (Å²) in [6.45, 7) is 2.10. The number of rotatable bonds is 12. The Hall–Kier alpha value is -3.43. The summed E-state index contributed by atoms with van der Waals surface area (Å²) in [5, 5.41) is 16.2. The lowest BCUT2D eigenvalue weighted by molar-refractivity contribution is -0.139. The molecule has 0 saturated carbocycles. The highest BCUT2D eigenvalue weighted by Gasteiger charge is 2.25. The summed E-state index contributed by atoms with van der Waals surface area (Å²) < 4.78 is 28.6. The molecule has 14 heteroatoms. The molecule has 0 aliphatic carbocycles. The van der Waals surface area contributed by atoms with E-state index in [0.717, 1.165) is 11.3 Å². The third-order valence-corrected chi connectivity index (χ3v) is 7.26. The van der Waals surface area contributed by atoms with Crippen molar-refractivity contribution in [2.45, 2.75) is 37.0 Å². The van der Waals surface area contributed by atoms with E-state index in [0.29, 0.717) is 30.0 Å². The summed E-state index contributed by atoms with van der Waals surface area (Å²) in [7, 11) is -4.07. The third kappa shape index (κ3) is 7.29. The van der Waals surface area contributed by atoms with E-state index in [1.807, 2.05) is 0 Å². The first-order valence-electron chi connectivity index (χ1n) is 10.9. The summed E-state index contributed by atoms with van der Waals surface area (Å²) in [6.07, 6.45) is 1.38. The van der Waals surface area contributed by atoms with E-state index in [1.165, 1.54) is 23.6 Å². The Labute approximate surface area is 212 Å². The van der Waals surface area contributed by atoms with Crippen LogP contribution in [0, 0.1) is 6.92 Å². The van der Waals surface area contributed by atoms with E-state index in [1.54, 1.807) is 31.3 Å². The first kappa shape index (κ1) is 27.2. The highest BCUT2D eigenvalue weighted by molar-refractivity contribution is 7.92. The fourth-order valence-corrected chi connectivity index (χ4v) is 5.20. The molecule has 12 nitrogen and oxygen atoms in total. The molecular weight excluding hydrogens is 506 g/mol. The zero-order valence-corrected chi connectivity index (χ0v) is 21.0. The van der Waals surface area contributed by atoms with Crippen molar-refractivity contribution in [1.82, 2.24) is 20.6 Å². The van der Waals surface area contributed by atoms with Gasteiger partial charge in [-0.3, -0.25) is 14.8 Å². The highest BCUT2D eigenvalue weighted by atomic mass is 32.2. The van der Waals surface area contributed by atoms with Gasteiger partial charge in [-0.05, 0) is 56.0 Å². The minimum absolute atomic E-state index is 0.0251. The van der Waals surface area contributed by atoms with Crippen molar-refractivity contribution in [3.63, 3.8) is 0 Å². The topological polar surface area (TPSA) is 202 Å². The molecule has 0 unspecified atom stereocenters. The number of hydrogen-bond donors (Lipinski definition) is 6. The Kier molecular flexibility index (Phi) is 9.06. The fourth-order valence-electron chi connectivity index (χ4n) is 3.26. The number of nitrogens with zero attached hydrogens (tertiary/aromatic N) is 2. The van der Waals surface area contributed by atoms with Gasteiger partial charge in [0, 0.05) is 11.8 Å². The van der Waals surface area contributed by atoms with Crippen molar-refractivity contribution in [1.29, 1.82) is 0 Å². The Morgan fingerprint density at radius 1 is 1.19 bits per heavy atom. The summed E-state index contributed by atoms with van der Waals surface area (Å²) in [5.41, 5.74) is 12.0. The van der Waals surface area contributed by atoms with E-state index in [-0.39, 0.29) is 21.9 Å². The SMILES string of the molecule is Cc1nccc(-c2cccc(S(=O)(=O)Nc3ccsc3C(=O)N[C@@H](CCCNC(N)N)C(=O)O)c2)n1. The molecule has 0 aliphatic heterocycles. The van der Waals surface area contributed by atoms with Crippen LogP contribution in [0.2, 0.25) is 0 Å². The molecule has 0 fully saturated rings. The van der Waals surface area contributed by atoms with Crippen molar-refractivity contribution in [3.05, 3.63) is 58.7 Å². The van der Waals surface area contributed by atoms with Crippen LogP contribution in [0.3, 0.4) is 0 Å². The molecule has 1 amide bonds. The van der Waals surface area contributed by atoms with Crippen LogP contribution >= 0.6 is 11.3 Å². The quantitative estimate of drug-likeness (QED) is 0.144. The van der Waals surface area contributed by atoms with Crippen molar-refractivity contribution in [2.24, 2.45) is 11.5 Å². The van der Waals surface area contributed by atoms with E-state index >= 15 is 0 Å². The number of amides is 1. The van der Waals surface area contributed by atoms with Gasteiger partial charge in [0.2, 0.25) is 0 Å². The molecule has 2 heterocycles. The van der Waals surface area contributed by atoms with Crippen LogP contribution in [0.4, 0.5) is 5.69 Å². The maximum atomic E-state index is 13.1. The maximum Gasteiger partial charge on any atom is 0.326 e. The molecule has 0 bridgehead atoms. The molecule has 2 aromatic heterocycles. The fraction of sp³-hybridized carbons (Fsp3) is 0.273. The van der Waals surface area contributed by atoms with Crippen LogP contribution < -0.4 is 26.8 Å². The molecule has 3 rings (SSSR count). The molecule has 36 heavy (non-hydrogen) atoms. The first-order chi connectivity index (χ1) is 17.1. The zero-order valence-electron chi connectivity index (χ0n) is 19.3. The number of aromatic nitrogens is 2. The number of thiophene rings is 1. The minimum Gasteiger partial charge on any atom is -0.480 e. The van der Waals surface area contributed by atoms with Crippen LogP contribution in [0.15, 0.2) is 52.9 Å². The number of nitrogens with two attached hydrogens (primary N) is 2. The molecule has 0 radical (unpaired) electrons. The number of nitrogens with one attached hydrogen (secondary N) is 3. The molecule has 1 atom stereocenters. The number of sulfonamides is 1. The number of benzene rings is 1. The van der Waals surface area contributed by atoms with E-state index < -0.39 is 34.2 Å². The number of hydrogen-bond acceptors (Lipinski definition) is 10. The van der Waals surface area contributed by atoms with Crippen molar-refractivity contribution < 1.29 is 23.1 Å². The van der Waals surface area contributed by atoms with Crippen molar-refractivity contribution >= 4 is 38.9 Å². The number of anilines is 1. The lowest BCUT2D eigenvalue weighted by Crippen LogP contribution is -2.46. The normalized spacial score (nSPS) is 12.3. The molecule has 0 aliphatic rings. The Bertz CT molecular complexity index is 1330. The van der Waals surface area contributed by atoms with Crippen molar-refractivity contribution in [3.8, 4) is 11.3 Å². The summed E-state index contributed by atoms with van der Waals surface area (Å²) >= 11 is 0.987. The smallest absolute Gasteiger partial charge is 0.326 e. The van der Waals surface area contributed by atoms with E-state index in [4.69, 9.17) is 11.5 Å². The number of aliphatic carboxylic acids is 1. The predicted octanol–water partition coefficient (Wildman–Crippen LogP) is 1.07. The standard InChI is InChI=1S/C22H27N7O5S2/c1-13-25-10-7-16(27-13)14-4-2-5-15(12-14)36(33,34)29-17-8-11-35-19(17)20(30)28-18(21(31)32)6-3-9-26-22(23)24/h2,4-5,7-8,10-12,18,22,26,29H,3,6,9,23-24H2,1H3,(H,28,30)(H,31,32)/t18-/m0/s1. The van der Waals surface area contributed by atoms with E-state index in [9.17, 15) is 23.1 Å².